The van der Waals surface area contributed by atoms with Crippen molar-refractivity contribution in [3.63, 3.8) is 0 Å². The van der Waals surface area contributed by atoms with E-state index in [-0.39, 0.29) is 0 Å². The van der Waals surface area contributed by atoms with E-state index >= 15 is 0 Å². The van der Waals surface area contributed by atoms with Crippen LogP contribution < -0.4 is 10.6 Å². The van der Waals surface area contributed by atoms with Crippen LogP contribution in [0.2, 0.25) is 5.02 Å². The first-order valence-electron chi connectivity index (χ1n) is 7.38. The van der Waals surface area contributed by atoms with E-state index in [0.29, 0.717) is 15.6 Å². The second kappa shape index (κ2) is 7.42. The average Bonchev–Trinajstić information content (AvgIpc) is 2.96. The van der Waals surface area contributed by atoms with Crippen molar-refractivity contribution in [1.29, 1.82) is 0 Å². The molecule has 0 aliphatic carbocycles. The maximum atomic E-state index is 11.4. The molecule has 0 saturated carbocycles. The Hall–Kier alpha value is -2.44. The molecule has 3 aromatic rings. The molecule has 3 rings (SSSR count). The lowest BCUT2D eigenvalue weighted by molar-refractivity contribution is 0.112. The fourth-order valence-electron chi connectivity index (χ4n) is 2.29. The summed E-state index contributed by atoms with van der Waals surface area (Å²) in [6, 6.07) is 9.18. The van der Waals surface area contributed by atoms with Gasteiger partial charge >= 0.3 is 0 Å². The minimum atomic E-state index is 0.553. The van der Waals surface area contributed by atoms with E-state index in [1.165, 1.54) is 11.3 Å². The number of aldehydes is 1. The van der Waals surface area contributed by atoms with Crippen LogP contribution in [0.3, 0.4) is 0 Å². The number of pyridine rings is 1. The van der Waals surface area contributed by atoms with Crippen LogP contribution in [0.1, 0.15) is 16.6 Å². The third-order valence-corrected chi connectivity index (χ3v) is 4.60. The van der Waals surface area contributed by atoms with Gasteiger partial charge in [-0.15, -0.1) is 11.3 Å². The minimum absolute atomic E-state index is 0.553. The largest absolute Gasteiger partial charge is 0.385 e. The highest BCUT2D eigenvalue weighted by atomic mass is 35.5. The molecule has 2 aromatic heterocycles. The Morgan fingerprint density at radius 1 is 1.29 bits per heavy atom. The molecule has 0 bridgehead atoms. The monoisotopic (exact) mass is 358 g/mol. The van der Waals surface area contributed by atoms with Gasteiger partial charge in [0.2, 0.25) is 0 Å². The molecule has 0 aliphatic heterocycles. The maximum Gasteiger partial charge on any atom is 0.162 e. The number of aliphatic imine (C=N–C) groups is 1. The summed E-state index contributed by atoms with van der Waals surface area (Å²) < 4.78 is 0. The van der Waals surface area contributed by atoms with Gasteiger partial charge in [0.05, 0.1) is 22.3 Å². The molecule has 7 heteroatoms. The van der Waals surface area contributed by atoms with Gasteiger partial charge in [-0.3, -0.25) is 4.79 Å². The van der Waals surface area contributed by atoms with Gasteiger partial charge in [-0.25, -0.2) is 9.98 Å². The molecule has 2 heterocycles. The molecule has 0 unspecified atom stereocenters. The van der Waals surface area contributed by atoms with Crippen molar-refractivity contribution in [1.82, 2.24) is 4.98 Å². The Kier molecular flexibility index (Phi) is 5.08. The maximum absolute atomic E-state index is 11.4. The molecule has 0 radical (unpaired) electrons. The predicted octanol–water partition coefficient (Wildman–Crippen LogP) is 4.97. The van der Waals surface area contributed by atoms with Crippen LogP contribution in [0.15, 0.2) is 41.5 Å². The molecule has 0 amide bonds. The number of fused-ring (bicyclic) bond motifs is 1. The van der Waals surface area contributed by atoms with E-state index in [4.69, 9.17) is 11.6 Å². The van der Waals surface area contributed by atoms with E-state index in [9.17, 15) is 4.79 Å². The van der Waals surface area contributed by atoms with Crippen LogP contribution in [-0.2, 0) is 0 Å². The predicted molar refractivity (Wildman–Crippen MR) is 102 cm³/mol. The number of hydrogen-bond donors (Lipinski definition) is 2. The number of rotatable bonds is 6. The number of carbonyl (C=O) groups is 1. The molecule has 0 spiro atoms. The second-order valence-electron chi connectivity index (χ2n) is 4.91. The van der Waals surface area contributed by atoms with Crippen molar-refractivity contribution in [3.05, 3.63) is 46.4 Å². The average molecular weight is 359 g/mol. The molecule has 0 atom stereocenters. The van der Waals surface area contributed by atoms with Gasteiger partial charge in [0.1, 0.15) is 4.83 Å². The second-order valence-corrected chi connectivity index (χ2v) is 6.38. The molecule has 2 N–H and O–H groups in total. The van der Waals surface area contributed by atoms with Gasteiger partial charge in [-0.2, -0.15) is 0 Å². The number of carbonyl (C=O) groups excluding carboxylic acids is 1. The lowest BCUT2D eigenvalue weighted by Gasteiger charge is -2.05. The summed E-state index contributed by atoms with van der Waals surface area (Å²) in [6.07, 6.45) is 4.11. The number of aromatic nitrogens is 1. The molecule has 1 aromatic carbocycles. The quantitative estimate of drug-likeness (QED) is 0.371. The summed E-state index contributed by atoms with van der Waals surface area (Å²) in [5, 5.41) is 7.89. The minimum Gasteiger partial charge on any atom is -0.385 e. The highest BCUT2D eigenvalue weighted by molar-refractivity contribution is 7.21. The molecule has 0 fully saturated rings. The third kappa shape index (κ3) is 3.39. The summed E-state index contributed by atoms with van der Waals surface area (Å²) in [5.41, 5.74) is 2.40. The summed E-state index contributed by atoms with van der Waals surface area (Å²) >= 11 is 7.20. The Labute approximate surface area is 148 Å². The van der Waals surface area contributed by atoms with E-state index in [1.54, 1.807) is 24.7 Å². The SMILES string of the molecule is CCNc1ccnc2sc(C=O)c(N=CNc3ccc(Cl)cc3)c12. The van der Waals surface area contributed by atoms with Crippen molar-refractivity contribution in [2.45, 2.75) is 6.92 Å². The zero-order valence-corrected chi connectivity index (χ0v) is 14.5. The van der Waals surface area contributed by atoms with E-state index in [1.807, 2.05) is 25.1 Å². The Balaban J connectivity index is 1.96. The number of halogens is 1. The van der Waals surface area contributed by atoms with Gasteiger partial charge < -0.3 is 10.6 Å². The molecular weight excluding hydrogens is 344 g/mol. The van der Waals surface area contributed by atoms with Crippen LogP contribution in [0.5, 0.6) is 0 Å². The van der Waals surface area contributed by atoms with Crippen LogP contribution in [0.25, 0.3) is 10.2 Å². The van der Waals surface area contributed by atoms with Crippen molar-refractivity contribution < 1.29 is 4.79 Å². The number of thiophene rings is 1. The van der Waals surface area contributed by atoms with Crippen LogP contribution in [0, 0.1) is 0 Å². The first-order chi connectivity index (χ1) is 11.7. The fraction of sp³-hybridized carbons (Fsp3) is 0.118. The highest BCUT2D eigenvalue weighted by Crippen LogP contribution is 2.39. The number of anilines is 2. The lowest BCUT2D eigenvalue weighted by atomic mass is 10.2. The summed E-state index contributed by atoms with van der Waals surface area (Å²) in [4.78, 5) is 21.5. The van der Waals surface area contributed by atoms with Gasteiger partial charge in [-0.05, 0) is 37.3 Å². The van der Waals surface area contributed by atoms with Crippen molar-refractivity contribution >= 4 is 62.8 Å². The Bertz CT molecular complexity index is 889. The summed E-state index contributed by atoms with van der Waals surface area (Å²) in [5.74, 6) is 0. The molecule has 0 saturated heterocycles. The first kappa shape index (κ1) is 16.4. The van der Waals surface area contributed by atoms with E-state index in [0.717, 1.165) is 34.4 Å². The molecule has 5 nitrogen and oxygen atoms in total. The standard InChI is InChI=1S/C17H15ClN4OS/c1-2-19-13-7-8-20-17-15(13)16(14(9-23)24-17)22-10-21-12-5-3-11(18)4-6-12/h3-10H,2H2,1H3,(H,19,20)(H,21,22). The van der Waals surface area contributed by atoms with Crippen molar-refractivity contribution in [2.75, 3.05) is 17.2 Å². The molecule has 24 heavy (non-hydrogen) atoms. The lowest BCUT2D eigenvalue weighted by Crippen LogP contribution is -1.97. The van der Waals surface area contributed by atoms with Gasteiger partial charge in [0, 0.05) is 29.1 Å². The van der Waals surface area contributed by atoms with Crippen molar-refractivity contribution in [3.8, 4) is 0 Å². The number of nitrogens with one attached hydrogen (secondary N) is 2. The summed E-state index contributed by atoms with van der Waals surface area (Å²) in [7, 11) is 0. The van der Waals surface area contributed by atoms with Gasteiger partial charge in [0.25, 0.3) is 0 Å². The van der Waals surface area contributed by atoms with E-state index in [2.05, 4.69) is 20.6 Å². The third-order valence-electron chi connectivity index (χ3n) is 3.34. The highest BCUT2D eigenvalue weighted by Gasteiger charge is 2.15. The van der Waals surface area contributed by atoms with Crippen molar-refractivity contribution in [2.24, 2.45) is 4.99 Å². The zero-order valence-electron chi connectivity index (χ0n) is 12.9. The Morgan fingerprint density at radius 2 is 2.08 bits per heavy atom. The van der Waals surface area contributed by atoms with Crippen LogP contribution in [0.4, 0.5) is 17.1 Å². The number of nitrogens with zero attached hydrogens (tertiary/aromatic N) is 2. The fourth-order valence-corrected chi connectivity index (χ4v) is 3.34. The molecule has 122 valence electrons. The normalized spacial score (nSPS) is 11.1. The smallest absolute Gasteiger partial charge is 0.162 e. The van der Waals surface area contributed by atoms with Gasteiger partial charge in [0.15, 0.2) is 6.29 Å². The Morgan fingerprint density at radius 3 is 2.79 bits per heavy atom. The van der Waals surface area contributed by atoms with Crippen LogP contribution in [-0.4, -0.2) is 24.2 Å². The van der Waals surface area contributed by atoms with E-state index < -0.39 is 0 Å². The summed E-state index contributed by atoms with van der Waals surface area (Å²) in [6.45, 7) is 2.79. The number of benzene rings is 1. The van der Waals surface area contributed by atoms with Gasteiger partial charge in [-0.1, -0.05) is 11.6 Å². The van der Waals surface area contributed by atoms with Crippen LogP contribution >= 0.6 is 22.9 Å². The zero-order chi connectivity index (χ0) is 16.9. The number of hydrogen-bond acceptors (Lipinski definition) is 5. The molecular formula is C17H15ClN4OS. The molecule has 0 aliphatic rings. The first-order valence-corrected chi connectivity index (χ1v) is 8.57. The topological polar surface area (TPSA) is 66.4 Å².